The van der Waals surface area contributed by atoms with Crippen LogP contribution >= 0.6 is 0 Å². The lowest BCUT2D eigenvalue weighted by atomic mass is 9.95. The van der Waals surface area contributed by atoms with Crippen molar-refractivity contribution in [3.63, 3.8) is 0 Å². The molecule has 1 aromatic carbocycles. The number of benzene rings is 1. The number of aryl methyl sites for hydroxylation is 2. The van der Waals surface area contributed by atoms with Crippen molar-refractivity contribution in [1.29, 1.82) is 0 Å². The van der Waals surface area contributed by atoms with Gasteiger partial charge in [-0.3, -0.25) is 0 Å². The molecule has 2 heteroatoms. The first kappa shape index (κ1) is 13.4. The highest BCUT2D eigenvalue weighted by Crippen LogP contribution is 2.33. The predicted octanol–water partition coefficient (Wildman–Crippen LogP) is 4.81. The first-order valence-corrected chi connectivity index (χ1v) is 7.78. The molecule has 106 valence electrons. The third-order valence-corrected chi connectivity index (χ3v) is 4.27. The fraction of sp³-hybridized carbons (Fsp3) is 0.500. The average Bonchev–Trinajstić information content (AvgIpc) is 2.76. The van der Waals surface area contributed by atoms with Gasteiger partial charge in [-0.25, -0.2) is 4.98 Å². The van der Waals surface area contributed by atoms with Crippen molar-refractivity contribution in [2.75, 3.05) is 0 Å². The van der Waals surface area contributed by atoms with Gasteiger partial charge in [0.2, 0.25) is 0 Å². The van der Waals surface area contributed by atoms with Crippen molar-refractivity contribution in [3.05, 3.63) is 40.8 Å². The Morgan fingerprint density at radius 1 is 1.05 bits per heavy atom. The van der Waals surface area contributed by atoms with E-state index in [9.17, 15) is 0 Å². The van der Waals surface area contributed by atoms with E-state index in [2.05, 4.69) is 50.9 Å². The van der Waals surface area contributed by atoms with Crippen molar-refractivity contribution in [1.82, 2.24) is 9.97 Å². The van der Waals surface area contributed by atoms with Crippen LogP contribution < -0.4 is 0 Å². The standard InChI is InChI=1S/C18H24N2/c1-11(2)13-8-9-15-14(10-13)6-5-7-16-17(15)20-18(19-16)12(3)4/h8-12H,5-7H2,1-4H3,(H,19,20). The van der Waals surface area contributed by atoms with Gasteiger partial charge in [0.25, 0.3) is 0 Å². The van der Waals surface area contributed by atoms with Gasteiger partial charge in [0.1, 0.15) is 5.82 Å². The second kappa shape index (κ2) is 5.08. The molecule has 1 heterocycles. The second-order valence-corrected chi connectivity index (χ2v) is 6.53. The van der Waals surface area contributed by atoms with Crippen LogP contribution in [0.1, 0.15) is 68.6 Å². The second-order valence-electron chi connectivity index (χ2n) is 6.53. The lowest BCUT2D eigenvalue weighted by molar-refractivity contribution is 0.769. The monoisotopic (exact) mass is 268 g/mol. The Morgan fingerprint density at radius 2 is 1.85 bits per heavy atom. The number of imidazole rings is 1. The topological polar surface area (TPSA) is 28.7 Å². The maximum atomic E-state index is 4.87. The van der Waals surface area contributed by atoms with E-state index < -0.39 is 0 Å². The highest BCUT2D eigenvalue weighted by molar-refractivity contribution is 5.68. The maximum Gasteiger partial charge on any atom is 0.109 e. The largest absolute Gasteiger partial charge is 0.345 e. The normalized spacial score (nSPS) is 14.3. The van der Waals surface area contributed by atoms with Crippen LogP contribution in [0.15, 0.2) is 18.2 Å². The first-order valence-electron chi connectivity index (χ1n) is 7.78. The van der Waals surface area contributed by atoms with E-state index >= 15 is 0 Å². The molecule has 0 unspecified atom stereocenters. The van der Waals surface area contributed by atoms with Crippen molar-refractivity contribution in [3.8, 4) is 11.3 Å². The summed E-state index contributed by atoms with van der Waals surface area (Å²) in [4.78, 5) is 8.41. The Hall–Kier alpha value is -1.57. The van der Waals surface area contributed by atoms with Crippen molar-refractivity contribution >= 4 is 0 Å². The number of rotatable bonds is 2. The number of aromatic nitrogens is 2. The zero-order chi connectivity index (χ0) is 14.3. The zero-order valence-corrected chi connectivity index (χ0v) is 13.0. The summed E-state index contributed by atoms with van der Waals surface area (Å²) in [7, 11) is 0. The Kier molecular flexibility index (Phi) is 3.41. The molecule has 2 nitrogen and oxygen atoms in total. The predicted molar refractivity (Wildman–Crippen MR) is 84.2 cm³/mol. The SMILES string of the molecule is CC(C)c1ccc2c(c1)CCCc1[nH]c(C(C)C)nc1-2. The summed E-state index contributed by atoms with van der Waals surface area (Å²) in [5.74, 6) is 2.17. The number of fused-ring (bicyclic) bond motifs is 3. The number of H-pyrrole nitrogens is 1. The number of nitrogens with one attached hydrogen (secondary N) is 1. The summed E-state index contributed by atoms with van der Waals surface area (Å²) in [5.41, 5.74) is 6.76. The molecule has 0 spiro atoms. The van der Waals surface area contributed by atoms with Gasteiger partial charge in [-0.15, -0.1) is 0 Å². The van der Waals surface area contributed by atoms with Crippen LogP contribution in [0.3, 0.4) is 0 Å². The van der Waals surface area contributed by atoms with Gasteiger partial charge in [0.05, 0.1) is 5.69 Å². The van der Waals surface area contributed by atoms with Gasteiger partial charge >= 0.3 is 0 Å². The maximum absolute atomic E-state index is 4.87. The van der Waals surface area contributed by atoms with Gasteiger partial charge < -0.3 is 4.98 Å². The van der Waals surface area contributed by atoms with E-state index in [0.717, 1.165) is 18.7 Å². The molecule has 1 aliphatic rings. The molecule has 0 amide bonds. The molecule has 1 N–H and O–H groups in total. The smallest absolute Gasteiger partial charge is 0.109 e. The Bertz CT molecular complexity index is 620. The van der Waals surface area contributed by atoms with Crippen LogP contribution in [-0.2, 0) is 12.8 Å². The van der Waals surface area contributed by atoms with Gasteiger partial charge in [0, 0.05) is 17.2 Å². The lowest BCUT2D eigenvalue weighted by Gasteiger charge is -2.11. The third kappa shape index (κ3) is 2.28. The Morgan fingerprint density at radius 3 is 2.55 bits per heavy atom. The van der Waals surface area contributed by atoms with Gasteiger partial charge in [-0.05, 0) is 36.3 Å². The molecule has 3 rings (SSSR count). The van der Waals surface area contributed by atoms with E-state index in [-0.39, 0.29) is 0 Å². The van der Waals surface area contributed by atoms with Gasteiger partial charge in [0.15, 0.2) is 0 Å². The highest BCUT2D eigenvalue weighted by Gasteiger charge is 2.20. The first-order chi connectivity index (χ1) is 9.56. The zero-order valence-electron chi connectivity index (χ0n) is 13.0. The molecule has 0 bridgehead atoms. The Labute approximate surface area is 121 Å². The van der Waals surface area contributed by atoms with Crippen LogP contribution in [0, 0.1) is 0 Å². The minimum Gasteiger partial charge on any atom is -0.345 e. The molecule has 1 aliphatic carbocycles. The molecule has 1 aromatic heterocycles. The van der Waals surface area contributed by atoms with Crippen molar-refractivity contribution in [2.24, 2.45) is 0 Å². The number of nitrogens with zero attached hydrogens (tertiary/aromatic N) is 1. The molecule has 2 aromatic rings. The fourth-order valence-electron chi connectivity index (χ4n) is 2.97. The van der Waals surface area contributed by atoms with Gasteiger partial charge in [-0.1, -0.05) is 45.9 Å². The van der Waals surface area contributed by atoms with Crippen LogP contribution in [-0.4, -0.2) is 9.97 Å². The molecule has 0 radical (unpaired) electrons. The summed E-state index contributed by atoms with van der Waals surface area (Å²) in [6.45, 7) is 8.91. The number of aromatic amines is 1. The quantitative estimate of drug-likeness (QED) is 0.831. The van der Waals surface area contributed by atoms with Gasteiger partial charge in [-0.2, -0.15) is 0 Å². The number of hydrogen-bond donors (Lipinski definition) is 1. The molecule has 0 saturated carbocycles. The van der Waals surface area contributed by atoms with E-state index in [0.29, 0.717) is 11.8 Å². The average molecular weight is 268 g/mol. The van der Waals surface area contributed by atoms with Crippen LogP contribution in [0.25, 0.3) is 11.3 Å². The highest BCUT2D eigenvalue weighted by atomic mass is 14.9. The summed E-state index contributed by atoms with van der Waals surface area (Å²) in [6, 6.07) is 6.93. The summed E-state index contributed by atoms with van der Waals surface area (Å²) in [5, 5.41) is 0. The summed E-state index contributed by atoms with van der Waals surface area (Å²) < 4.78 is 0. The third-order valence-electron chi connectivity index (χ3n) is 4.27. The molecule has 20 heavy (non-hydrogen) atoms. The molecular formula is C18H24N2. The van der Waals surface area contributed by atoms with E-state index in [1.54, 1.807) is 0 Å². The van der Waals surface area contributed by atoms with Crippen molar-refractivity contribution < 1.29 is 0 Å². The Balaban J connectivity index is 2.11. The molecule has 0 fully saturated rings. The minimum atomic E-state index is 0.459. The minimum absolute atomic E-state index is 0.459. The molecule has 0 aliphatic heterocycles. The summed E-state index contributed by atoms with van der Waals surface area (Å²) in [6.07, 6.45) is 3.49. The molecule has 0 atom stereocenters. The molecular weight excluding hydrogens is 244 g/mol. The number of hydrogen-bond acceptors (Lipinski definition) is 1. The van der Waals surface area contributed by atoms with Crippen LogP contribution in [0.4, 0.5) is 0 Å². The fourth-order valence-corrected chi connectivity index (χ4v) is 2.97. The van der Waals surface area contributed by atoms with Crippen molar-refractivity contribution in [2.45, 2.75) is 58.8 Å². The lowest BCUT2D eigenvalue weighted by Crippen LogP contribution is -1.95. The van der Waals surface area contributed by atoms with E-state index in [1.807, 2.05) is 0 Å². The van der Waals surface area contributed by atoms with E-state index in [1.165, 1.54) is 34.5 Å². The van der Waals surface area contributed by atoms with Crippen LogP contribution in [0.2, 0.25) is 0 Å². The molecule has 0 saturated heterocycles. The van der Waals surface area contributed by atoms with Crippen LogP contribution in [0.5, 0.6) is 0 Å². The summed E-state index contributed by atoms with van der Waals surface area (Å²) >= 11 is 0. The van der Waals surface area contributed by atoms with E-state index in [4.69, 9.17) is 4.98 Å².